The fraction of sp³-hybridized carbons (Fsp3) is 0.273. The third-order valence-electron chi connectivity index (χ3n) is 3.75. The summed E-state index contributed by atoms with van der Waals surface area (Å²) in [5, 5.41) is 12.7. The number of nitrogens with one attached hydrogen (secondary N) is 1. The molecule has 1 amide bonds. The number of rotatable bonds is 7. The van der Waals surface area contributed by atoms with Crippen LogP contribution in [0, 0.1) is 18.3 Å². The van der Waals surface area contributed by atoms with Crippen molar-refractivity contribution in [2.45, 2.75) is 33.8 Å². The van der Waals surface area contributed by atoms with E-state index < -0.39 is 5.91 Å². The van der Waals surface area contributed by atoms with E-state index in [1.165, 1.54) is 6.08 Å². The van der Waals surface area contributed by atoms with Crippen LogP contribution in [0.1, 0.15) is 31.9 Å². The first kappa shape index (κ1) is 21.3. The highest BCUT2D eigenvalue weighted by atomic mass is 35.5. The largest absolute Gasteiger partial charge is 0.490 e. The quantitative estimate of drug-likeness (QED) is 0.502. The standard InChI is InChI=1S/C22H23ClN2O3/c1-5-27-21-11-16(7-9-20(21)28-14(2)3)10-17(13-24)22(26)25-19-12-18(23)8-6-15(19)4/h6-12,14H,5H2,1-4H3,(H,25,26)/b17-10+. The number of amides is 1. The molecule has 0 aromatic heterocycles. The van der Waals surface area contributed by atoms with Gasteiger partial charge in [-0.3, -0.25) is 4.79 Å². The normalized spacial score (nSPS) is 11.1. The molecule has 2 rings (SSSR count). The van der Waals surface area contributed by atoms with E-state index in [9.17, 15) is 10.1 Å². The monoisotopic (exact) mass is 398 g/mol. The predicted molar refractivity (Wildman–Crippen MR) is 112 cm³/mol. The van der Waals surface area contributed by atoms with E-state index in [-0.39, 0.29) is 11.7 Å². The molecule has 0 fully saturated rings. The summed E-state index contributed by atoms with van der Waals surface area (Å²) < 4.78 is 11.4. The van der Waals surface area contributed by atoms with E-state index >= 15 is 0 Å². The third kappa shape index (κ3) is 5.77. The number of ether oxygens (including phenoxy) is 2. The van der Waals surface area contributed by atoms with Crippen molar-refractivity contribution in [1.29, 1.82) is 5.26 Å². The number of carbonyl (C=O) groups is 1. The van der Waals surface area contributed by atoms with Gasteiger partial charge in [-0.15, -0.1) is 0 Å². The van der Waals surface area contributed by atoms with Gasteiger partial charge < -0.3 is 14.8 Å². The Morgan fingerprint density at radius 2 is 2.00 bits per heavy atom. The molecule has 6 heteroatoms. The topological polar surface area (TPSA) is 71.3 Å². The van der Waals surface area contributed by atoms with Crippen LogP contribution in [-0.4, -0.2) is 18.6 Å². The summed E-state index contributed by atoms with van der Waals surface area (Å²) in [5.74, 6) is 0.674. The Labute approximate surface area is 170 Å². The number of halogens is 1. The van der Waals surface area contributed by atoms with Crippen molar-refractivity contribution < 1.29 is 14.3 Å². The first-order valence-corrected chi connectivity index (χ1v) is 9.34. The number of nitrogens with zero attached hydrogens (tertiary/aromatic N) is 1. The van der Waals surface area contributed by atoms with Crippen molar-refractivity contribution in [2.24, 2.45) is 0 Å². The second-order valence-corrected chi connectivity index (χ2v) is 6.83. The van der Waals surface area contributed by atoms with Gasteiger partial charge in [0.15, 0.2) is 11.5 Å². The average Bonchev–Trinajstić information content (AvgIpc) is 2.64. The lowest BCUT2D eigenvalue weighted by molar-refractivity contribution is -0.112. The molecule has 0 spiro atoms. The van der Waals surface area contributed by atoms with Gasteiger partial charge in [-0.25, -0.2) is 0 Å². The van der Waals surface area contributed by atoms with Crippen molar-refractivity contribution in [3.8, 4) is 17.6 Å². The zero-order valence-corrected chi connectivity index (χ0v) is 17.1. The van der Waals surface area contributed by atoms with Crippen molar-refractivity contribution >= 4 is 29.3 Å². The zero-order chi connectivity index (χ0) is 20.7. The maximum absolute atomic E-state index is 12.5. The molecule has 0 heterocycles. The van der Waals surface area contributed by atoms with Gasteiger partial charge in [0.1, 0.15) is 11.6 Å². The second kappa shape index (κ2) is 9.82. The lowest BCUT2D eigenvalue weighted by Crippen LogP contribution is -2.14. The minimum Gasteiger partial charge on any atom is -0.490 e. The molecule has 0 atom stereocenters. The Kier molecular flexibility index (Phi) is 7.48. The predicted octanol–water partition coefficient (Wildman–Crippen LogP) is 5.38. The summed E-state index contributed by atoms with van der Waals surface area (Å²) in [6.45, 7) is 8.06. The van der Waals surface area contributed by atoms with E-state index in [1.807, 2.05) is 33.8 Å². The van der Waals surface area contributed by atoms with Gasteiger partial charge >= 0.3 is 0 Å². The van der Waals surface area contributed by atoms with Crippen LogP contribution in [0.2, 0.25) is 5.02 Å². The molecular formula is C22H23ClN2O3. The Bertz CT molecular complexity index is 930. The molecule has 1 N–H and O–H groups in total. The fourth-order valence-corrected chi connectivity index (χ4v) is 2.64. The maximum Gasteiger partial charge on any atom is 0.266 e. The Morgan fingerprint density at radius 3 is 2.64 bits per heavy atom. The molecule has 0 radical (unpaired) electrons. The van der Waals surface area contributed by atoms with Crippen LogP contribution in [0.4, 0.5) is 5.69 Å². The zero-order valence-electron chi connectivity index (χ0n) is 16.4. The second-order valence-electron chi connectivity index (χ2n) is 6.39. The van der Waals surface area contributed by atoms with Crippen LogP contribution < -0.4 is 14.8 Å². The van der Waals surface area contributed by atoms with Gasteiger partial charge in [-0.2, -0.15) is 5.26 Å². The molecule has 2 aromatic carbocycles. The van der Waals surface area contributed by atoms with Crippen LogP contribution in [0.5, 0.6) is 11.5 Å². The molecule has 0 saturated heterocycles. The minimum absolute atomic E-state index is 0.00183. The first-order chi connectivity index (χ1) is 13.3. The molecular weight excluding hydrogens is 376 g/mol. The highest BCUT2D eigenvalue weighted by molar-refractivity contribution is 6.31. The van der Waals surface area contributed by atoms with Crippen molar-refractivity contribution in [2.75, 3.05) is 11.9 Å². The fourth-order valence-electron chi connectivity index (χ4n) is 2.47. The summed E-state index contributed by atoms with van der Waals surface area (Å²) in [6.07, 6.45) is 1.51. The number of carbonyl (C=O) groups excluding carboxylic acids is 1. The minimum atomic E-state index is -0.506. The van der Waals surface area contributed by atoms with Crippen molar-refractivity contribution in [3.63, 3.8) is 0 Å². The number of hydrogen-bond acceptors (Lipinski definition) is 4. The Hall–Kier alpha value is -2.97. The van der Waals surface area contributed by atoms with E-state index in [4.69, 9.17) is 21.1 Å². The molecule has 2 aromatic rings. The van der Waals surface area contributed by atoms with E-state index in [0.717, 1.165) is 5.56 Å². The van der Waals surface area contributed by atoms with Crippen LogP contribution >= 0.6 is 11.6 Å². The summed E-state index contributed by atoms with van der Waals surface area (Å²) in [6, 6.07) is 12.4. The molecule has 0 aliphatic carbocycles. The molecule has 0 aliphatic heterocycles. The molecule has 0 bridgehead atoms. The first-order valence-electron chi connectivity index (χ1n) is 8.96. The van der Waals surface area contributed by atoms with E-state index in [1.54, 1.807) is 36.4 Å². The van der Waals surface area contributed by atoms with Gasteiger partial charge in [-0.1, -0.05) is 23.7 Å². The molecule has 5 nitrogen and oxygen atoms in total. The van der Waals surface area contributed by atoms with Gasteiger partial charge in [0.2, 0.25) is 0 Å². The van der Waals surface area contributed by atoms with Gasteiger partial charge in [0.25, 0.3) is 5.91 Å². The number of anilines is 1. The van der Waals surface area contributed by atoms with E-state index in [2.05, 4.69) is 5.32 Å². The summed E-state index contributed by atoms with van der Waals surface area (Å²) in [7, 11) is 0. The van der Waals surface area contributed by atoms with Gasteiger partial charge in [0.05, 0.1) is 12.7 Å². The average molecular weight is 399 g/mol. The molecule has 0 unspecified atom stereocenters. The van der Waals surface area contributed by atoms with Crippen molar-refractivity contribution in [1.82, 2.24) is 0 Å². The summed E-state index contributed by atoms with van der Waals surface area (Å²) in [5.41, 5.74) is 2.05. The van der Waals surface area contributed by atoms with Crippen LogP contribution in [-0.2, 0) is 4.79 Å². The summed E-state index contributed by atoms with van der Waals surface area (Å²) in [4.78, 5) is 12.5. The third-order valence-corrected chi connectivity index (χ3v) is 3.99. The number of benzene rings is 2. The highest BCUT2D eigenvalue weighted by Crippen LogP contribution is 2.30. The highest BCUT2D eigenvalue weighted by Gasteiger charge is 2.13. The number of nitriles is 1. The van der Waals surface area contributed by atoms with Crippen LogP contribution in [0.3, 0.4) is 0 Å². The van der Waals surface area contributed by atoms with Crippen LogP contribution in [0.15, 0.2) is 42.0 Å². The molecule has 0 aliphatic rings. The summed E-state index contributed by atoms with van der Waals surface area (Å²) >= 11 is 5.98. The molecule has 146 valence electrons. The Morgan fingerprint density at radius 1 is 1.25 bits per heavy atom. The van der Waals surface area contributed by atoms with Gasteiger partial charge in [0, 0.05) is 10.7 Å². The Balaban J connectivity index is 2.30. The smallest absolute Gasteiger partial charge is 0.266 e. The molecule has 28 heavy (non-hydrogen) atoms. The van der Waals surface area contributed by atoms with Crippen LogP contribution in [0.25, 0.3) is 6.08 Å². The van der Waals surface area contributed by atoms with E-state index in [0.29, 0.717) is 34.4 Å². The lowest BCUT2D eigenvalue weighted by atomic mass is 10.1. The van der Waals surface area contributed by atoms with Crippen molar-refractivity contribution in [3.05, 3.63) is 58.1 Å². The number of aryl methyl sites for hydroxylation is 1. The number of hydrogen-bond donors (Lipinski definition) is 1. The molecule has 0 saturated carbocycles. The SMILES string of the molecule is CCOc1cc(/C=C(\C#N)C(=O)Nc2cc(Cl)ccc2C)ccc1OC(C)C. The van der Waals surface area contributed by atoms with Gasteiger partial charge in [-0.05, 0) is 69.2 Å². The maximum atomic E-state index is 12.5. The lowest BCUT2D eigenvalue weighted by Gasteiger charge is -2.15.